The summed E-state index contributed by atoms with van der Waals surface area (Å²) in [7, 11) is 2.03. The van der Waals surface area contributed by atoms with E-state index in [2.05, 4.69) is 32.6 Å². The van der Waals surface area contributed by atoms with Gasteiger partial charge in [0.2, 0.25) is 0 Å². The predicted octanol–water partition coefficient (Wildman–Crippen LogP) is 2.33. The first kappa shape index (κ1) is 12.6. The molecule has 0 fully saturated rings. The predicted molar refractivity (Wildman–Crippen MR) is 56.8 cm³/mol. The summed E-state index contributed by atoms with van der Waals surface area (Å²) < 4.78 is 0. The quantitative estimate of drug-likeness (QED) is 0.655. The zero-order valence-electron chi connectivity index (χ0n) is 9.79. The van der Waals surface area contributed by atoms with E-state index in [1.807, 2.05) is 7.05 Å². The van der Waals surface area contributed by atoms with E-state index >= 15 is 0 Å². The number of carbonyl (C=O) groups excluding carboxylic acids is 1. The molecule has 0 aliphatic carbocycles. The van der Waals surface area contributed by atoms with Gasteiger partial charge in [0.1, 0.15) is 5.78 Å². The molecule has 0 saturated carbocycles. The number of likely N-dealkylation sites (N-methyl/N-ethyl adjacent to an activating group) is 1. The maximum absolute atomic E-state index is 11.4. The van der Waals surface area contributed by atoms with Crippen molar-refractivity contribution in [2.75, 3.05) is 7.05 Å². The van der Waals surface area contributed by atoms with Crippen LogP contribution in [-0.4, -0.2) is 29.8 Å². The Morgan fingerprint density at radius 1 is 1.23 bits per heavy atom. The molecule has 1 atom stereocenters. The molecule has 0 saturated heterocycles. The molecular weight excluding hydrogens is 162 g/mol. The van der Waals surface area contributed by atoms with Crippen LogP contribution in [0.15, 0.2) is 0 Å². The number of rotatable bonds is 5. The molecule has 78 valence electrons. The van der Waals surface area contributed by atoms with Crippen molar-refractivity contribution in [3.63, 3.8) is 0 Å². The van der Waals surface area contributed by atoms with Crippen LogP contribution in [0, 0.1) is 5.92 Å². The summed E-state index contributed by atoms with van der Waals surface area (Å²) in [5.74, 6) is 0.861. The lowest BCUT2D eigenvalue weighted by atomic mass is 9.99. The second-order valence-electron chi connectivity index (χ2n) is 4.52. The molecule has 0 rings (SSSR count). The van der Waals surface area contributed by atoms with E-state index < -0.39 is 0 Å². The van der Waals surface area contributed by atoms with Gasteiger partial charge >= 0.3 is 0 Å². The fraction of sp³-hybridized carbons (Fsp3) is 0.909. The van der Waals surface area contributed by atoms with Crippen LogP contribution in [0.1, 0.15) is 41.0 Å². The van der Waals surface area contributed by atoms with Gasteiger partial charge in [0.15, 0.2) is 0 Å². The lowest BCUT2D eigenvalue weighted by Crippen LogP contribution is -2.42. The van der Waals surface area contributed by atoms with Crippen molar-refractivity contribution >= 4 is 5.78 Å². The molecule has 1 unspecified atom stereocenters. The van der Waals surface area contributed by atoms with Gasteiger partial charge in [-0.1, -0.05) is 13.8 Å². The molecule has 0 spiro atoms. The van der Waals surface area contributed by atoms with Gasteiger partial charge in [-0.2, -0.15) is 0 Å². The Hall–Kier alpha value is -0.370. The minimum Gasteiger partial charge on any atom is -0.298 e. The summed E-state index contributed by atoms with van der Waals surface area (Å²) in [6.45, 7) is 10.2. The third-order valence-electron chi connectivity index (χ3n) is 2.47. The van der Waals surface area contributed by atoms with Crippen molar-refractivity contribution in [2.24, 2.45) is 5.92 Å². The Bertz CT molecular complexity index is 163. The van der Waals surface area contributed by atoms with Crippen LogP contribution >= 0.6 is 0 Å². The van der Waals surface area contributed by atoms with E-state index in [-0.39, 0.29) is 11.8 Å². The zero-order valence-corrected chi connectivity index (χ0v) is 9.79. The van der Waals surface area contributed by atoms with Crippen molar-refractivity contribution in [1.82, 2.24) is 4.90 Å². The molecule has 0 aliphatic heterocycles. The fourth-order valence-electron chi connectivity index (χ4n) is 1.43. The first-order valence-corrected chi connectivity index (χ1v) is 5.08. The molecule has 13 heavy (non-hydrogen) atoms. The molecule has 0 radical (unpaired) electrons. The van der Waals surface area contributed by atoms with E-state index in [1.54, 1.807) is 6.92 Å². The maximum atomic E-state index is 11.4. The average molecular weight is 185 g/mol. The van der Waals surface area contributed by atoms with Gasteiger partial charge in [-0.05, 0) is 40.2 Å². The van der Waals surface area contributed by atoms with Crippen LogP contribution in [0.2, 0.25) is 0 Å². The van der Waals surface area contributed by atoms with E-state index in [1.165, 1.54) is 0 Å². The van der Waals surface area contributed by atoms with Crippen molar-refractivity contribution in [3.05, 3.63) is 0 Å². The van der Waals surface area contributed by atoms with E-state index in [4.69, 9.17) is 0 Å². The second-order valence-corrected chi connectivity index (χ2v) is 4.52. The van der Waals surface area contributed by atoms with Gasteiger partial charge in [0, 0.05) is 6.04 Å². The number of carbonyl (C=O) groups is 1. The Labute approximate surface area is 82.3 Å². The summed E-state index contributed by atoms with van der Waals surface area (Å²) in [5.41, 5.74) is 0. The molecule has 0 aromatic rings. The topological polar surface area (TPSA) is 20.3 Å². The molecule has 0 aromatic heterocycles. The second kappa shape index (κ2) is 5.38. The van der Waals surface area contributed by atoms with Gasteiger partial charge < -0.3 is 0 Å². The molecular formula is C11H23NO. The van der Waals surface area contributed by atoms with Gasteiger partial charge in [0.25, 0.3) is 0 Å². The standard InChI is InChI=1S/C11H23NO/c1-8(2)7-11(10(5)13)12(6)9(3)4/h8-9,11H,7H2,1-6H3. The van der Waals surface area contributed by atoms with Gasteiger partial charge in [0.05, 0.1) is 6.04 Å². The number of hydrogen-bond donors (Lipinski definition) is 0. The van der Waals surface area contributed by atoms with E-state index in [0.717, 1.165) is 6.42 Å². The molecule has 0 heterocycles. The van der Waals surface area contributed by atoms with Crippen molar-refractivity contribution in [3.8, 4) is 0 Å². The van der Waals surface area contributed by atoms with Crippen LogP contribution in [0.25, 0.3) is 0 Å². The number of hydrogen-bond acceptors (Lipinski definition) is 2. The highest BCUT2D eigenvalue weighted by Gasteiger charge is 2.22. The smallest absolute Gasteiger partial charge is 0.146 e. The summed E-state index contributed by atoms with van der Waals surface area (Å²) >= 11 is 0. The Morgan fingerprint density at radius 2 is 1.69 bits per heavy atom. The molecule has 0 aromatic carbocycles. The Balaban J connectivity index is 4.33. The zero-order chi connectivity index (χ0) is 10.6. The van der Waals surface area contributed by atoms with Crippen LogP contribution < -0.4 is 0 Å². The van der Waals surface area contributed by atoms with Gasteiger partial charge in [-0.25, -0.2) is 0 Å². The molecule has 2 nitrogen and oxygen atoms in total. The summed E-state index contributed by atoms with van der Waals surface area (Å²) in [4.78, 5) is 13.5. The van der Waals surface area contributed by atoms with Crippen LogP contribution in [0.3, 0.4) is 0 Å². The largest absolute Gasteiger partial charge is 0.298 e. The Kier molecular flexibility index (Phi) is 5.23. The fourth-order valence-corrected chi connectivity index (χ4v) is 1.43. The van der Waals surface area contributed by atoms with Crippen molar-refractivity contribution in [2.45, 2.75) is 53.1 Å². The Morgan fingerprint density at radius 3 is 1.92 bits per heavy atom. The lowest BCUT2D eigenvalue weighted by Gasteiger charge is -2.30. The molecule has 0 bridgehead atoms. The number of ketones is 1. The average Bonchev–Trinajstić information content (AvgIpc) is 1.97. The molecule has 0 N–H and O–H groups in total. The monoisotopic (exact) mass is 185 g/mol. The minimum absolute atomic E-state index is 0.0972. The number of nitrogens with zero attached hydrogens (tertiary/aromatic N) is 1. The highest BCUT2D eigenvalue weighted by atomic mass is 16.1. The minimum atomic E-state index is 0.0972. The van der Waals surface area contributed by atoms with Crippen molar-refractivity contribution in [1.29, 1.82) is 0 Å². The van der Waals surface area contributed by atoms with Crippen LogP contribution in [0.4, 0.5) is 0 Å². The SMILES string of the molecule is CC(=O)C(CC(C)C)N(C)C(C)C. The third kappa shape index (κ3) is 4.41. The van der Waals surface area contributed by atoms with Crippen LogP contribution in [0.5, 0.6) is 0 Å². The van der Waals surface area contributed by atoms with Crippen molar-refractivity contribution < 1.29 is 4.79 Å². The maximum Gasteiger partial charge on any atom is 0.146 e. The van der Waals surface area contributed by atoms with Gasteiger partial charge in [-0.3, -0.25) is 9.69 Å². The first-order chi connectivity index (χ1) is 5.86. The summed E-state index contributed by atoms with van der Waals surface area (Å²) in [6, 6.07) is 0.535. The van der Waals surface area contributed by atoms with Gasteiger partial charge in [-0.15, -0.1) is 0 Å². The van der Waals surface area contributed by atoms with Crippen LogP contribution in [-0.2, 0) is 4.79 Å². The first-order valence-electron chi connectivity index (χ1n) is 5.08. The number of Topliss-reactive ketones (excluding diaryl/α,β-unsaturated/α-hetero) is 1. The molecule has 0 aliphatic rings. The summed E-state index contributed by atoms with van der Waals surface area (Å²) in [5, 5.41) is 0. The van der Waals surface area contributed by atoms with E-state index in [0.29, 0.717) is 12.0 Å². The molecule has 2 heteroatoms. The lowest BCUT2D eigenvalue weighted by molar-refractivity contribution is -0.122. The highest BCUT2D eigenvalue weighted by Crippen LogP contribution is 2.13. The highest BCUT2D eigenvalue weighted by molar-refractivity contribution is 5.81. The molecule has 0 amide bonds. The third-order valence-corrected chi connectivity index (χ3v) is 2.47. The van der Waals surface area contributed by atoms with E-state index in [9.17, 15) is 4.79 Å². The summed E-state index contributed by atoms with van der Waals surface area (Å²) in [6.07, 6.45) is 0.962. The normalized spacial score (nSPS) is 14.2.